The Labute approximate surface area is 82.8 Å². The Balaban J connectivity index is 4.26. The second kappa shape index (κ2) is 5.25. The molecule has 0 atom stereocenters. The van der Waals surface area contributed by atoms with Gasteiger partial charge in [-0.3, -0.25) is 4.99 Å². The standard InChI is InChI=1S/C11H24N2/c1-7-8-10(12-9(2)3)13-11(4,5)6/h9H,7-8H2,1-6H3,(H,12,13). The first-order valence-corrected chi connectivity index (χ1v) is 5.20. The molecule has 0 aromatic heterocycles. The molecule has 0 aliphatic rings. The van der Waals surface area contributed by atoms with E-state index < -0.39 is 0 Å². The number of aliphatic imine (C=N–C) groups is 1. The van der Waals surface area contributed by atoms with Crippen LogP contribution >= 0.6 is 0 Å². The van der Waals surface area contributed by atoms with Crippen molar-refractivity contribution in [2.24, 2.45) is 4.99 Å². The van der Waals surface area contributed by atoms with Crippen molar-refractivity contribution in [1.82, 2.24) is 5.32 Å². The van der Waals surface area contributed by atoms with E-state index in [2.05, 4.69) is 51.9 Å². The maximum absolute atomic E-state index is 4.56. The van der Waals surface area contributed by atoms with Crippen LogP contribution in [0.3, 0.4) is 0 Å². The van der Waals surface area contributed by atoms with E-state index in [0.29, 0.717) is 6.04 Å². The lowest BCUT2D eigenvalue weighted by molar-refractivity contribution is 0.503. The topological polar surface area (TPSA) is 24.4 Å². The summed E-state index contributed by atoms with van der Waals surface area (Å²) in [7, 11) is 0. The summed E-state index contributed by atoms with van der Waals surface area (Å²) in [6.07, 6.45) is 2.20. The molecule has 0 aromatic carbocycles. The van der Waals surface area contributed by atoms with Gasteiger partial charge in [0.25, 0.3) is 0 Å². The number of rotatable bonds is 3. The predicted octanol–water partition coefficient (Wildman–Crippen LogP) is 2.98. The molecular formula is C11H24N2. The first-order chi connectivity index (χ1) is 5.85. The minimum Gasteiger partial charge on any atom is -0.369 e. The third-order valence-corrected chi connectivity index (χ3v) is 1.42. The van der Waals surface area contributed by atoms with Crippen molar-refractivity contribution in [3.63, 3.8) is 0 Å². The molecule has 0 fully saturated rings. The Morgan fingerprint density at radius 1 is 1.31 bits per heavy atom. The van der Waals surface area contributed by atoms with Gasteiger partial charge in [-0.05, 0) is 41.0 Å². The molecule has 0 saturated heterocycles. The number of nitrogens with one attached hydrogen (secondary N) is 1. The van der Waals surface area contributed by atoms with Crippen LogP contribution in [-0.4, -0.2) is 17.4 Å². The van der Waals surface area contributed by atoms with Gasteiger partial charge in [0.05, 0.1) is 5.84 Å². The van der Waals surface area contributed by atoms with E-state index in [0.717, 1.165) is 18.7 Å². The summed E-state index contributed by atoms with van der Waals surface area (Å²) in [5.41, 5.74) is 0.128. The fourth-order valence-electron chi connectivity index (χ4n) is 1.14. The van der Waals surface area contributed by atoms with Gasteiger partial charge in [-0.2, -0.15) is 0 Å². The van der Waals surface area contributed by atoms with Crippen LogP contribution in [-0.2, 0) is 0 Å². The SMILES string of the molecule is CCCC(=NC(C)C)NC(C)(C)C. The van der Waals surface area contributed by atoms with Crippen LogP contribution in [0, 0.1) is 0 Å². The fraction of sp³-hybridized carbons (Fsp3) is 0.909. The molecule has 0 aliphatic heterocycles. The van der Waals surface area contributed by atoms with E-state index >= 15 is 0 Å². The molecule has 0 rings (SSSR count). The summed E-state index contributed by atoms with van der Waals surface area (Å²) < 4.78 is 0. The van der Waals surface area contributed by atoms with E-state index in [1.165, 1.54) is 0 Å². The first kappa shape index (κ1) is 12.5. The summed E-state index contributed by atoms with van der Waals surface area (Å²) in [4.78, 5) is 4.56. The minimum absolute atomic E-state index is 0.128. The zero-order valence-electron chi connectivity index (χ0n) is 9.94. The fourth-order valence-corrected chi connectivity index (χ4v) is 1.14. The second-order valence-corrected chi connectivity index (χ2v) is 4.79. The summed E-state index contributed by atoms with van der Waals surface area (Å²) in [6.45, 7) is 12.9. The summed E-state index contributed by atoms with van der Waals surface area (Å²) >= 11 is 0. The van der Waals surface area contributed by atoms with Crippen LogP contribution in [0.4, 0.5) is 0 Å². The molecule has 1 N–H and O–H groups in total. The van der Waals surface area contributed by atoms with Gasteiger partial charge in [-0.25, -0.2) is 0 Å². The number of hydrogen-bond donors (Lipinski definition) is 1. The van der Waals surface area contributed by atoms with Crippen molar-refractivity contribution in [2.45, 2.75) is 66.0 Å². The Morgan fingerprint density at radius 3 is 2.15 bits per heavy atom. The van der Waals surface area contributed by atoms with Crippen LogP contribution in [0.15, 0.2) is 4.99 Å². The lowest BCUT2D eigenvalue weighted by Gasteiger charge is -2.23. The molecule has 0 radical (unpaired) electrons. The van der Waals surface area contributed by atoms with Crippen molar-refractivity contribution < 1.29 is 0 Å². The quantitative estimate of drug-likeness (QED) is 0.529. The molecule has 2 nitrogen and oxygen atoms in total. The van der Waals surface area contributed by atoms with Gasteiger partial charge in [0.2, 0.25) is 0 Å². The van der Waals surface area contributed by atoms with Crippen molar-refractivity contribution in [2.75, 3.05) is 0 Å². The van der Waals surface area contributed by atoms with Crippen LogP contribution in [0.25, 0.3) is 0 Å². The minimum atomic E-state index is 0.128. The Kier molecular flexibility index (Phi) is 5.04. The van der Waals surface area contributed by atoms with E-state index in [9.17, 15) is 0 Å². The van der Waals surface area contributed by atoms with Gasteiger partial charge in [-0.1, -0.05) is 6.92 Å². The molecule has 0 aliphatic carbocycles. The molecule has 0 heterocycles. The Morgan fingerprint density at radius 2 is 1.85 bits per heavy atom. The monoisotopic (exact) mass is 184 g/mol. The van der Waals surface area contributed by atoms with E-state index in [-0.39, 0.29) is 5.54 Å². The Hall–Kier alpha value is -0.530. The molecule has 0 amide bonds. The average molecular weight is 184 g/mol. The van der Waals surface area contributed by atoms with Crippen molar-refractivity contribution in [3.8, 4) is 0 Å². The smallest absolute Gasteiger partial charge is 0.0970 e. The zero-order valence-corrected chi connectivity index (χ0v) is 9.94. The molecule has 0 aromatic rings. The van der Waals surface area contributed by atoms with Crippen LogP contribution in [0.2, 0.25) is 0 Å². The van der Waals surface area contributed by atoms with Crippen molar-refractivity contribution >= 4 is 5.84 Å². The molecule has 13 heavy (non-hydrogen) atoms. The maximum atomic E-state index is 4.56. The summed E-state index contributed by atoms with van der Waals surface area (Å²) in [5, 5.41) is 3.44. The highest BCUT2D eigenvalue weighted by molar-refractivity contribution is 5.82. The number of hydrogen-bond acceptors (Lipinski definition) is 1. The maximum Gasteiger partial charge on any atom is 0.0970 e. The van der Waals surface area contributed by atoms with Crippen molar-refractivity contribution in [1.29, 1.82) is 0 Å². The summed E-state index contributed by atoms with van der Waals surface area (Å²) in [6, 6.07) is 0.386. The van der Waals surface area contributed by atoms with Crippen LogP contribution < -0.4 is 5.32 Å². The predicted molar refractivity (Wildman–Crippen MR) is 60.4 cm³/mol. The molecule has 0 spiro atoms. The summed E-state index contributed by atoms with van der Waals surface area (Å²) in [5.74, 6) is 1.14. The normalized spacial score (nSPS) is 13.6. The molecule has 0 unspecified atom stereocenters. The van der Waals surface area contributed by atoms with Gasteiger partial charge < -0.3 is 5.32 Å². The Bertz CT molecular complexity index is 163. The van der Waals surface area contributed by atoms with E-state index in [4.69, 9.17) is 0 Å². The third kappa shape index (κ3) is 7.82. The third-order valence-electron chi connectivity index (χ3n) is 1.42. The van der Waals surface area contributed by atoms with E-state index in [1.54, 1.807) is 0 Å². The first-order valence-electron chi connectivity index (χ1n) is 5.20. The molecule has 0 saturated carbocycles. The van der Waals surface area contributed by atoms with E-state index in [1.807, 2.05) is 0 Å². The highest BCUT2D eigenvalue weighted by Crippen LogP contribution is 2.03. The molecule has 0 bridgehead atoms. The molecular weight excluding hydrogens is 160 g/mol. The molecule has 2 heteroatoms. The number of amidine groups is 1. The average Bonchev–Trinajstić information content (AvgIpc) is 1.81. The zero-order chi connectivity index (χ0) is 10.5. The highest BCUT2D eigenvalue weighted by atomic mass is 15.0. The van der Waals surface area contributed by atoms with Gasteiger partial charge in [0.15, 0.2) is 0 Å². The number of nitrogens with zero attached hydrogens (tertiary/aromatic N) is 1. The van der Waals surface area contributed by atoms with Gasteiger partial charge in [-0.15, -0.1) is 0 Å². The largest absolute Gasteiger partial charge is 0.369 e. The van der Waals surface area contributed by atoms with Crippen LogP contribution in [0.5, 0.6) is 0 Å². The van der Waals surface area contributed by atoms with Gasteiger partial charge >= 0.3 is 0 Å². The van der Waals surface area contributed by atoms with Gasteiger partial charge in [0.1, 0.15) is 0 Å². The van der Waals surface area contributed by atoms with Gasteiger partial charge in [0, 0.05) is 18.0 Å². The second-order valence-electron chi connectivity index (χ2n) is 4.79. The lowest BCUT2D eigenvalue weighted by atomic mass is 10.1. The molecule has 78 valence electrons. The highest BCUT2D eigenvalue weighted by Gasteiger charge is 2.11. The lowest BCUT2D eigenvalue weighted by Crippen LogP contribution is -2.41. The van der Waals surface area contributed by atoms with Crippen LogP contribution in [0.1, 0.15) is 54.4 Å². The van der Waals surface area contributed by atoms with Crippen molar-refractivity contribution in [3.05, 3.63) is 0 Å².